The molecule has 0 bridgehead atoms. The van der Waals surface area contributed by atoms with Crippen molar-refractivity contribution in [3.8, 4) is 0 Å². The fourth-order valence-corrected chi connectivity index (χ4v) is 2.42. The number of anilines is 1. The number of hydrogen-bond acceptors (Lipinski definition) is 4. The molecule has 1 aromatic heterocycles. The number of aromatic nitrogens is 1. The molecule has 1 aromatic rings. The first-order valence-corrected chi connectivity index (χ1v) is 7.11. The molecule has 0 aromatic carbocycles. The molecule has 0 aliphatic carbocycles. The zero-order valence-electron chi connectivity index (χ0n) is 12.1. The van der Waals surface area contributed by atoms with Gasteiger partial charge in [0.15, 0.2) is 0 Å². The average Bonchev–Trinajstić information content (AvgIpc) is 2.46. The molecule has 19 heavy (non-hydrogen) atoms. The maximum Gasteiger partial charge on any atom is 0.129 e. The Morgan fingerprint density at radius 3 is 2.89 bits per heavy atom. The first-order valence-electron chi connectivity index (χ1n) is 7.11. The van der Waals surface area contributed by atoms with E-state index >= 15 is 0 Å². The van der Waals surface area contributed by atoms with Crippen molar-refractivity contribution >= 4 is 5.82 Å². The molecule has 2 rings (SSSR count). The van der Waals surface area contributed by atoms with Crippen LogP contribution in [0.3, 0.4) is 0 Å². The first kappa shape index (κ1) is 14.3. The summed E-state index contributed by atoms with van der Waals surface area (Å²) in [6, 6.07) is 4.38. The van der Waals surface area contributed by atoms with Crippen LogP contribution in [0.25, 0.3) is 0 Å². The van der Waals surface area contributed by atoms with Gasteiger partial charge in [0.05, 0.1) is 25.9 Å². The van der Waals surface area contributed by atoms with Crippen LogP contribution < -0.4 is 4.90 Å². The van der Waals surface area contributed by atoms with Crippen molar-refractivity contribution in [3.63, 3.8) is 0 Å². The summed E-state index contributed by atoms with van der Waals surface area (Å²) in [6.45, 7) is 8.88. The van der Waals surface area contributed by atoms with Crippen molar-refractivity contribution in [3.05, 3.63) is 23.4 Å². The molecule has 1 N–H and O–H groups in total. The second kappa shape index (κ2) is 6.35. The molecule has 0 radical (unpaired) electrons. The van der Waals surface area contributed by atoms with E-state index in [-0.39, 0.29) is 6.61 Å². The monoisotopic (exact) mass is 264 g/mol. The molecule has 0 spiro atoms. The lowest BCUT2D eigenvalue weighted by Gasteiger charge is -2.36. The molecule has 1 aliphatic rings. The highest BCUT2D eigenvalue weighted by atomic mass is 16.5. The Morgan fingerprint density at radius 2 is 2.26 bits per heavy atom. The molecule has 4 nitrogen and oxygen atoms in total. The number of pyridine rings is 1. The van der Waals surface area contributed by atoms with Crippen molar-refractivity contribution in [2.45, 2.75) is 45.8 Å². The van der Waals surface area contributed by atoms with Crippen LogP contribution in [0.15, 0.2) is 12.1 Å². The number of aliphatic hydroxyl groups excluding tert-OH is 1. The van der Waals surface area contributed by atoms with E-state index in [0.717, 1.165) is 43.3 Å². The third-order valence-electron chi connectivity index (χ3n) is 3.66. The van der Waals surface area contributed by atoms with E-state index in [1.54, 1.807) is 0 Å². The van der Waals surface area contributed by atoms with Gasteiger partial charge in [0, 0.05) is 12.2 Å². The lowest BCUT2D eigenvalue weighted by molar-refractivity contribution is 0.0925. The highest BCUT2D eigenvalue weighted by Crippen LogP contribution is 2.24. The maximum absolute atomic E-state index is 9.42. The topological polar surface area (TPSA) is 45.6 Å². The van der Waals surface area contributed by atoms with E-state index < -0.39 is 0 Å². The molecular formula is C15H24N2O2. The standard InChI is InChI=1S/C15H24N2O2/c1-4-13-10-19-6-5-17(13)15-8-12(9-18)7-14(16-15)11(2)3/h7-8,11,13,18H,4-6,9-10H2,1-3H3. The van der Waals surface area contributed by atoms with Gasteiger partial charge >= 0.3 is 0 Å². The fourth-order valence-electron chi connectivity index (χ4n) is 2.42. The van der Waals surface area contributed by atoms with Crippen LogP contribution in [0.1, 0.15) is 44.4 Å². The third-order valence-corrected chi connectivity index (χ3v) is 3.66. The van der Waals surface area contributed by atoms with E-state index in [1.807, 2.05) is 12.1 Å². The second-order valence-corrected chi connectivity index (χ2v) is 5.40. The van der Waals surface area contributed by atoms with E-state index in [2.05, 4.69) is 25.7 Å². The van der Waals surface area contributed by atoms with Gasteiger partial charge in [0.25, 0.3) is 0 Å². The van der Waals surface area contributed by atoms with Crippen molar-refractivity contribution in [1.82, 2.24) is 4.98 Å². The van der Waals surface area contributed by atoms with Crippen molar-refractivity contribution < 1.29 is 9.84 Å². The van der Waals surface area contributed by atoms with E-state index in [9.17, 15) is 5.11 Å². The molecule has 0 saturated carbocycles. The van der Waals surface area contributed by atoms with Gasteiger partial charge in [0.2, 0.25) is 0 Å². The first-order chi connectivity index (χ1) is 9.15. The van der Waals surface area contributed by atoms with Gasteiger partial charge in [-0.1, -0.05) is 20.8 Å². The molecule has 1 fully saturated rings. The Morgan fingerprint density at radius 1 is 1.47 bits per heavy atom. The zero-order valence-corrected chi connectivity index (χ0v) is 12.1. The molecule has 1 saturated heterocycles. The molecule has 106 valence electrons. The largest absolute Gasteiger partial charge is 0.392 e. The lowest BCUT2D eigenvalue weighted by atomic mass is 10.1. The number of aliphatic hydroxyl groups is 1. The average molecular weight is 264 g/mol. The predicted octanol–water partition coefficient (Wildman–Crippen LogP) is 2.31. The molecule has 2 heterocycles. The molecule has 1 atom stereocenters. The van der Waals surface area contributed by atoms with Crippen LogP contribution in [0.2, 0.25) is 0 Å². The van der Waals surface area contributed by atoms with E-state index in [1.165, 1.54) is 0 Å². The number of nitrogens with zero attached hydrogens (tertiary/aromatic N) is 2. The second-order valence-electron chi connectivity index (χ2n) is 5.40. The number of rotatable bonds is 4. The van der Waals surface area contributed by atoms with Crippen LogP contribution in [0.5, 0.6) is 0 Å². The zero-order chi connectivity index (χ0) is 13.8. The van der Waals surface area contributed by atoms with E-state index in [0.29, 0.717) is 12.0 Å². The summed E-state index contributed by atoms with van der Waals surface area (Å²) in [4.78, 5) is 7.08. The minimum Gasteiger partial charge on any atom is -0.392 e. The Kier molecular flexibility index (Phi) is 4.77. The molecule has 1 aliphatic heterocycles. The Hall–Kier alpha value is -1.13. The summed E-state index contributed by atoms with van der Waals surface area (Å²) in [6.07, 6.45) is 1.04. The quantitative estimate of drug-likeness (QED) is 0.906. The van der Waals surface area contributed by atoms with Gasteiger partial charge in [-0.25, -0.2) is 4.98 Å². The van der Waals surface area contributed by atoms with Gasteiger partial charge in [-0.05, 0) is 30.0 Å². The summed E-state index contributed by atoms with van der Waals surface area (Å²) in [7, 11) is 0. The minimum atomic E-state index is 0.0658. The van der Waals surface area contributed by atoms with E-state index in [4.69, 9.17) is 9.72 Å². The highest BCUT2D eigenvalue weighted by molar-refractivity contribution is 5.44. The van der Waals surface area contributed by atoms with Crippen LogP contribution in [-0.4, -0.2) is 35.9 Å². The van der Waals surface area contributed by atoms with Crippen molar-refractivity contribution in [1.29, 1.82) is 0 Å². The van der Waals surface area contributed by atoms with Gasteiger partial charge in [0.1, 0.15) is 5.82 Å². The van der Waals surface area contributed by atoms with Crippen LogP contribution in [0, 0.1) is 0 Å². The molecular weight excluding hydrogens is 240 g/mol. The van der Waals surface area contributed by atoms with Crippen molar-refractivity contribution in [2.24, 2.45) is 0 Å². The predicted molar refractivity (Wildman–Crippen MR) is 76.5 cm³/mol. The summed E-state index contributed by atoms with van der Waals surface area (Å²) >= 11 is 0. The Balaban J connectivity index is 2.33. The molecule has 4 heteroatoms. The van der Waals surface area contributed by atoms with Gasteiger partial charge in [-0.15, -0.1) is 0 Å². The van der Waals surface area contributed by atoms with Crippen LogP contribution >= 0.6 is 0 Å². The molecule has 1 unspecified atom stereocenters. The van der Waals surface area contributed by atoms with Gasteiger partial charge < -0.3 is 14.7 Å². The minimum absolute atomic E-state index is 0.0658. The SMILES string of the molecule is CCC1COCCN1c1cc(CO)cc(C(C)C)n1. The molecule has 0 amide bonds. The van der Waals surface area contributed by atoms with Gasteiger partial charge in [-0.2, -0.15) is 0 Å². The summed E-state index contributed by atoms with van der Waals surface area (Å²) in [5.41, 5.74) is 1.98. The Bertz CT molecular complexity index is 421. The summed E-state index contributed by atoms with van der Waals surface area (Å²) in [5, 5.41) is 9.42. The highest BCUT2D eigenvalue weighted by Gasteiger charge is 2.23. The van der Waals surface area contributed by atoms with Crippen molar-refractivity contribution in [2.75, 3.05) is 24.7 Å². The Labute approximate surface area is 115 Å². The van der Waals surface area contributed by atoms with Crippen LogP contribution in [0.4, 0.5) is 5.82 Å². The lowest BCUT2D eigenvalue weighted by Crippen LogP contribution is -2.45. The third kappa shape index (κ3) is 3.25. The maximum atomic E-state index is 9.42. The number of morpholine rings is 1. The normalized spacial score (nSPS) is 20.1. The number of hydrogen-bond donors (Lipinski definition) is 1. The summed E-state index contributed by atoms with van der Waals surface area (Å²) in [5.74, 6) is 1.34. The van der Waals surface area contributed by atoms with Crippen LogP contribution in [-0.2, 0) is 11.3 Å². The smallest absolute Gasteiger partial charge is 0.129 e. The summed E-state index contributed by atoms with van der Waals surface area (Å²) < 4.78 is 5.54. The van der Waals surface area contributed by atoms with Gasteiger partial charge in [-0.3, -0.25) is 0 Å². The number of ether oxygens (including phenoxy) is 1. The fraction of sp³-hybridized carbons (Fsp3) is 0.667.